The maximum absolute atomic E-state index is 11.5. The average molecular weight is 283 g/mol. The number of carbonyl (C=O) groups excluding carboxylic acids is 1. The van der Waals surface area contributed by atoms with E-state index in [0.29, 0.717) is 5.02 Å². The van der Waals surface area contributed by atoms with Gasteiger partial charge >= 0.3 is 0 Å². The van der Waals surface area contributed by atoms with E-state index in [0.717, 1.165) is 18.4 Å². The van der Waals surface area contributed by atoms with Crippen LogP contribution < -0.4 is 11.1 Å². The Morgan fingerprint density at radius 2 is 1.89 bits per heavy atom. The molecule has 0 aliphatic carbocycles. The number of nitrogens with two attached hydrogens (primary N) is 1. The van der Waals surface area contributed by atoms with Crippen molar-refractivity contribution in [3.8, 4) is 0 Å². The van der Waals surface area contributed by atoms with Crippen molar-refractivity contribution in [2.24, 2.45) is 11.7 Å². The largest absolute Gasteiger partial charge is 0.368 e. The Balaban J connectivity index is 2.88. The summed E-state index contributed by atoms with van der Waals surface area (Å²) in [5, 5.41) is 4.09. The molecule has 0 radical (unpaired) electrons. The number of benzene rings is 1. The van der Waals surface area contributed by atoms with Crippen LogP contribution in [0.15, 0.2) is 24.3 Å². The Morgan fingerprint density at radius 1 is 1.32 bits per heavy atom. The molecular formula is C15H23ClN2O. The highest BCUT2D eigenvalue weighted by molar-refractivity contribution is 6.30. The summed E-state index contributed by atoms with van der Waals surface area (Å²) in [6.07, 6.45) is 1.99. The van der Waals surface area contributed by atoms with Gasteiger partial charge in [-0.2, -0.15) is 0 Å². The molecule has 0 spiro atoms. The lowest BCUT2D eigenvalue weighted by atomic mass is 9.97. The van der Waals surface area contributed by atoms with E-state index >= 15 is 0 Å². The van der Waals surface area contributed by atoms with Crippen molar-refractivity contribution in [2.75, 3.05) is 0 Å². The number of primary amides is 1. The smallest absolute Gasteiger partial charge is 0.234 e. The monoisotopic (exact) mass is 282 g/mol. The number of carbonyl (C=O) groups is 1. The normalized spacial score (nSPS) is 14.4. The zero-order valence-electron chi connectivity index (χ0n) is 11.8. The summed E-state index contributed by atoms with van der Waals surface area (Å²) in [5.41, 5.74) is 6.60. The summed E-state index contributed by atoms with van der Waals surface area (Å²) in [6.45, 7) is 6.11. The number of rotatable bonds is 7. The van der Waals surface area contributed by atoms with Gasteiger partial charge in [0.1, 0.15) is 0 Å². The molecule has 0 aliphatic heterocycles. The maximum Gasteiger partial charge on any atom is 0.234 e. The molecule has 0 heterocycles. The van der Waals surface area contributed by atoms with Crippen LogP contribution in [-0.2, 0) is 4.79 Å². The summed E-state index contributed by atoms with van der Waals surface area (Å²) in [6, 6.07) is 7.54. The van der Waals surface area contributed by atoms with Crippen molar-refractivity contribution in [3.05, 3.63) is 34.9 Å². The third-order valence-electron chi connectivity index (χ3n) is 3.20. The first kappa shape index (κ1) is 16.0. The molecule has 106 valence electrons. The molecule has 4 heteroatoms. The number of hydrogen-bond acceptors (Lipinski definition) is 2. The lowest BCUT2D eigenvalue weighted by Crippen LogP contribution is -2.46. The van der Waals surface area contributed by atoms with Gasteiger partial charge in [0.2, 0.25) is 5.91 Å². The Kier molecular flexibility index (Phi) is 6.32. The Hall–Kier alpha value is -1.06. The van der Waals surface area contributed by atoms with Gasteiger partial charge in [0.05, 0.1) is 6.04 Å². The lowest BCUT2D eigenvalue weighted by molar-refractivity contribution is -0.121. The van der Waals surface area contributed by atoms with Crippen LogP contribution in [0.25, 0.3) is 0 Å². The molecule has 1 amide bonds. The molecule has 3 N–H and O–H groups in total. The van der Waals surface area contributed by atoms with Gasteiger partial charge in [-0.25, -0.2) is 0 Å². The fourth-order valence-corrected chi connectivity index (χ4v) is 2.28. The third kappa shape index (κ3) is 4.84. The fourth-order valence-electron chi connectivity index (χ4n) is 2.15. The van der Waals surface area contributed by atoms with Crippen LogP contribution in [0.3, 0.4) is 0 Å². The van der Waals surface area contributed by atoms with Gasteiger partial charge in [-0.15, -0.1) is 0 Å². The topological polar surface area (TPSA) is 55.1 Å². The zero-order valence-corrected chi connectivity index (χ0v) is 12.6. The molecule has 0 saturated heterocycles. The molecular weight excluding hydrogens is 260 g/mol. The third-order valence-corrected chi connectivity index (χ3v) is 3.46. The molecule has 0 aliphatic rings. The minimum absolute atomic E-state index is 0.127. The van der Waals surface area contributed by atoms with Gasteiger partial charge in [-0.05, 0) is 30.0 Å². The molecule has 3 nitrogen and oxygen atoms in total. The number of nitrogens with one attached hydrogen (secondary N) is 1. The standard InChI is InChI=1S/C15H23ClN2O/c1-4-5-13(11-6-8-12(16)9-7-11)18-14(10(2)3)15(17)19/h6-10,13-14,18H,4-5H2,1-3H3,(H2,17,19). The van der Waals surface area contributed by atoms with E-state index in [4.69, 9.17) is 17.3 Å². The van der Waals surface area contributed by atoms with Crippen molar-refractivity contribution in [2.45, 2.75) is 45.7 Å². The maximum atomic E-state index is 11.5. The van der Waals surface area contributed by atoms with Gasteiger partial charge in [-0.1, -0.05) is 50.9 Å². The summed E-state index contributed by atoms with van der Waals surface area (Å²) in [4.78, 5) is 11.5. The van der Waals surface area contributed by atoms with Crippen molar-refractivity contribution < 1.29 is 4.79 Å². The molecule has 0 bridgehead atoms. The zero-order chi connectivity index (χ0) is 14.4. The minimum Gasteiger partial charge on any atom is -0.368 e. The summed E-state index contributed by atoms with van der Waals surface area (Å²) < 4.78 is 0. The second kappa shape index (κ2) is 7.51. The average Bonchev–Trinajstić information content (AvgIpc) is 2.34. The first-order valence-electron chi connectivity index (χ1n) is 6.76. The van der Waals surface area contributed by atoms with Gasteiger partial charge in [0, 0.05) is 11.1 Å². The molecule has 2 atom stereocenters. The number of halogens is 1. The van der Waals surface area contributed by atoms with Gasteiger partial charge in [-0.3, -0.25) is 10.1 Å². The van der Waals surface area contributed by atoms with E-state index in [2.05, 4.69) is 12.2 Å². The first-order valence-corrected chi connectivity index (χ1v) is 7.14. The highest BCUT2D eigenvalue weighted by Crippen LogP contribution is 2.22. The number of hydrogen-bond donors (Lipinski definition) is 2. The Labute approximate surface area is 120 Å². The Bertz CT molecular complexity index is 403. The van der Waals surface area contributed by atoms with Gasteiger partial charge < -0.3 is 5.73 Å². The van der Waals surface area contributed by atoms with E-state index in [1.807, 2.05) is 38.1 Å². The van der Waals surface area contributed by atoms with Crippen LogP contribution in [0.1, 0.15) is 45.2 Å². The van der Waals surface area contributed by atoms with E-state index in [1.54, 1.807) is 0 Å². The van der Waals surface area contributed by atoms with Crippen LogP contribution in [0.5, 0.6) is 0 Å². The molecule has 0 fully saturated rings. The Morgan fingerprint density at radius 3 is 2.32 bits per heavy atom. The first-order chi connectivity index (χ1) is 8.95. The van der Waals surface area contributed by atoms with Crippen LogP contribution in [0.4, 0.5) is 0 Å². The predicted molar refractivity (Wildman–Crippen MR) is 80.1 cm³/mol. The predicted octanol–water partition coefficient (Wildman–Crippen LogP) is 3.28. The SMILES string of the molecule is CCCC(NC(C(N)=O)C(C)C)c1ccc(Cl)cc1. The lowest BCUT2D eigenvalue weighted by Gasteiger charge is -2.26. The van der Waals surface area contributed by atoms with Crippen molar-refractivity contribution in [1.29, 1.82) is 0 Å². The molecule has 1 aromatic rings. The van der Waals surface area contributed by atoms with E-state index in [1.165, 1.54) is 0 Å². The van der Waals surface area contributed by atoms with E-state index < -0.39 is 0 Å². The van der Waals surface area contributed by atoms with Crippen molar-refractivity contribution >= 4 is 17.5 Å². The fraction of sp³-hybridized carbons (Fsp3) is 0.533. The molecule has 0 aromatic heterocycles. The second-order valence-electron chi connectivity index (χ2n) is 5.18. The van der Waals surface area contributed by atoms with Crippen LogP contribution in [0, 0.1) is 5.92 Å². The molecule has 1 rings (SSSR count). The van der Waals surface area contributed by atoms with Crippen molar-refractivity contribution in [1.82, 2.24) is 5.32 Å². The highest BCUT2D eigenvalue weighted by Gasteiger charge is 2.23. The second-order valence-corrected chi connectivity index (χ2v) is 5.62. The number of amides is 1. The minimum atomic E-state index is -0.313. The molecule has 0 saturated carbocycles. The summed E-state index contributed by atoms with van der Waals surface area (Å²) in [5.74, 6) is -0.130. The van der Waals surface area contributed by atoms with Crippen LogP contribution in [0.2, 0.25) is 5.02 Å². The molecule has 19 heavy (non-hydrogen) atoms. The van der Waals surface area contributed by atoms with Crippen LogP contribution in [-0.4, -0.2) is 11.9 Å². The van der Waals surface area contributed by atoms with Gasteiger partial charge in [0.15, 0.2) is 0 Å². The quantitative estimate of drug-likeness (QED) is 0.806. The van der Waals surface area contributed by atoms with E-state index in [-0.39, 0.29) is 23.9 Å². The highest BCUT2D eigenvalue weighted by atomic mass is 35.5. The van der Waals surface area contributed by atoms with Gasteiger partial charge in [0.25, 0.3) is 0 Å². The van der Waals surface area contributed by atoms with E-state index in [9.17, 15) is 4.79 Å². The van der Waals surface area contributed by atoms with Crippen molar-refractivity contribution in [3.63, 3.8) is 0 Å². The molecule has 1 aromatic carbocycles. The summed E-state index contributed by atoms with van der Waals surface area (Å²) >= 11 is 5.91. The van der Waals surface area contributed by atoms with Crippen LogP contribution >= 0.6 is 11.6 Å². The summed E-state index contributed by atoms with van der Waals surface area (Å²) in [7, 11) is 0. The molecule has 2 unspecified atom stereocenters.